The van der Waals surface area contributed by atoms with Gasteiger partial charge in [-0.25, -0.2) is 0 Å². The van der Waals surface area contributed by atoms with Crippen LogP contribution in [0.5, 0.6) is 0 Å². The largest absolute Gasteiger partial charge is 0.456 e. The van der Waals surface area contributed by atoms with E-state index in [0.29, 0.717) is 5.56 Å². The van der Waals surface area contributed by atoms with Gasteiger partial charge in [0.05, 0.1) is 5.48 Å². The van der Waals surface area contributed by atoms with Crippen LogP contribution >= 0.6 is 0 Å². The molecule has 0 aliphatic rings. The molecule has 0 fully saturated rings. The van der Waals surface area contributed by atoms with Crippen LogP contribution in [0.1, 0.15) is 5.48 Å². The van der Waals surface area contributed by atoms with Gasteiger partial charge in [0.25, 0.3) is 0 Å². The second kappa shape index (κ2) is 10.8. The molecule has 9 rings (SSSR count). The fourth-order valence-electron chi connectivity index (χ4n) is 6.51. The summed E-state index contributed by atoms with van der Waals surface area (Å²) in [6, 6.07) is 49.5. The van der Waals surface area contributed by atoms with Crippen LogP contribution in [0.3, 0.4) is 0 Å². The van der Waals surface area contributed by atoms with Crippen molar-refractivity contribution < 1.29 is 9.90 Å². The molecule has 8 aromatic carbocycles. The van der Waals surface area contributed by atoms with Gasteiger partial charge in [-0.15, -0.1) is 0 Å². The highest BCUT2D eigenvalue weighted by Gasteiger charge is 2.15. The fourth-order valence-corrected chi connectivity index (χ4v) is 6.51. The molecular formula is C44H29NO. The normalized spacial score (nSPS) is 12.7. The summed E-state index contributed by atoms with van der Waals surface area (Å²) in [5.74, 6) is 0. The van der Waals surface area contributed by atoms with Gasteiger partial charge in [-0.2, -0.15) is 0 Å². The Morgan fingerprint density at radius 3 is 1.91 bits per heavy atom. The molecule has 216 valence electrons. The number of hydrogen-bond donors (Lipinski definition) is 0. The van der Waals surface area contributed by atoms with Gasteiger partial charge in [0.2, 0.25) is 0 Å². The first-order valence-corrected chi connectivity index (χ1v) is 15.4. The van der Waals surface area contributed by atoms with Crippen LogP contribution in [0.2, 0.25) is 0 Å². The third-order valence-electron chi connectivity index (χ3n) is 8.72. The number of hydrogen-bond acceptors (Lipinski definition) is 2. The number of benzene rings is 8. The molecule has 0 unspecified atom stereocenters. The number of rotatable bonds is 5. The lowest BCUT2D eigenvalue weighted by Crippen LogP contribution is -2.09. The van der Waals surface area contributed by atoms with Gasteiger partial charge in [0.1, 0.15) is 11.2 Å². The Balaban J connectivity index is 1.20. The average Bonchev–Trinajstić information content (AvgIpc) is 3.55. The zero-order valence-electron chi connectivity index (χ0n) is 28.8. The van der Waals surface area contributed by atoms with Crippen molar-refractivity contribution in [2.45, 2.75) is 0 Å². The number of fused-ring (bicyclic) bond motifs is 6. The second-order valence-electron chi connectivity index (χ2n) is 11.4. The van der Waals surface area contributed by atoms with Gasteiger partial charge in [0.15, 0.2) is 0 Å². The summed E-state index contributed by atoms with van der Waals surface area (Å²) in [6.45, 7) is 0. The minimum absolute atomic E-state index is 0.0992. The maximum Gasteiger partial charge on any atom is 0.136 e. The maximum atomic E-state index is 9.35. The van der Waals surface area contributed by atoms with Crippen molar-refractivity contribution in [3.63, 3.8) is 0 Å². The molecule has 0 aliphatic carbocycles. The van der Waals surface area contributed by atoms with Crippen LogP contribution < -0.4 is 4.90 Å². The van der Waals surface area contributed by atoms with Crippen molar-refractivity contribution >= 4 is 60.5 Å². The van der Waals surface area contributed by atoms with E-state index in [1.54, 1.807) is 0 Å². The SMILES string of the molecule is [2H]c1c([2H])c(N(c2ccccc2)c2ccc(-c3cccc4ccccc34)cc2)c([2H])c([2H])c1-c1ccc2ccc3oc4ccccc4c3c2c1. The molecule has 46 heavy (non-hydrogen) atoms. The lowest BCUT2D eigenvalue weighted by molar-refractivity contribution is 0.669. The first kappa shape index (κ1) is 22.4. The summed E-state index contributed by atoms with van der Waals surface area (Å²) in [7, 11) is 0. The molecule has 0 atom stereocenters. The molecule has 2 heteroatoms. The van der Waals surface area contributed by atoms with Crippen LogP contribution in [-0.2, 0) is 0 Å². The first-order chi connectivity index (χ1) is 24.5. The van der Waals surface area contributed by atoms with Gasteiger partial charge >= 0.3 is 0 Å². The van der Waals surface area contributed by atoms with Crippen molar-refractivity contribution in [2.24, 2.45) is 0 Å². The van der Waals surface area contributed by atoms with Crippen molar-refractivity contribution in [3.8, 4) is 22.3 Å². The topological polar surface area (TPSA) is 16.4 Å². The predicted molar refractivity (Wildman–Crippen MR) is 194 cm³/mol. The van der Waals surface area contributed by atoms with Crippen LogP contribution in [0.25, 0.3) is 65.7 Å². The molecule has 1 aromatic heterocycles. The molecule has 1 heterocycles. The number of furan rings is 1. The van der Waals surface area contributed by atoms with E-state index < -0.39 is 0 Å². The molecule has 9 aromatic rings. The zero-order valence-corrected chi connectivity index (χ0v) is 24.8. The van der Waals surface area contributed by atoms with Gasteiger partial charge < -0.3 is 9.32 Å². The molecule has 0 amide bonds. The minimum Gasteiger partial charge on any atom is -0.456 e. The van der Waals surface area contributed by atoms with Crippen molar-refractivity contribution in [1.82, 2.24) is 0 Å². The summed E-state index contributed by atoms with van der Waals surface area (Å²) >= 11 is 0. The zero-order chi connectivity index (χ0) is 33.9. The predicted octanol–water partition coefficient (Wildman–Crippen LogP) is 12.7. The lowest BCUT2D eigenvalue weighted by atomic mass is 9.97. The van der Waals surface area contributed by atoms with E-state index in [4.69, 9.17) is 4.42 Å². The summed E-state index contributed by atoms with van der Waals surface area (Å²) in [5, 5.41) is 6.22. The quantitative estimate of drug-likeness (QED) is 0.198. The van der Waals surface area contributed by atoms with Crippen molar-refractivity contribution in [1.29, 1.82) is 0 Å². The van der Waals surface area contributed by atoms with Gasteiger partial charge in [-0.3, -0.25) is 0 Å². The van der Waals surface area contributed by atoms with Gasteiger partial charge in [0, 0.05) is 27.8 Å². The van der Waals surface area contributed by atoms with Crippen LogP contribution in [-0.4, -0.2) is 0 Å². The van der Waals surface area contributed by atoms with E-state index in [0.717, 1.165) is 66.0 Å². The summed E-state index contributed by atoms with van der Waals surface area (Å²) < 4.78 is 43.4. The van der Waals surface area contributed by atoms with E-state index in [9.17, 15) is 5.48 Å². The number of para-hydroxylation sites is 2. The van der Waals surface area contributed by atoms with Crippen LogP contribution in [0, 0.1) is 0 Å². The molecule has 0 saturated carbocycles. The third-order valence-corrected chi connectivity index (χ3v) is 8.72. The Bertz CT molecular complexity index is 2720. The first-order valence-electron chi connectivity index (χ1n) is 17.4. The molecule has 0 N–H and O–H groups in total. The second-order valence-corrected chi connectivity index (χ2v) is 11.4. The number of anilines is 3. The molecule has 2 nitrogen and oxygen atoms in total. The van der Waals surface area contributed by atoms with Crippen molar-refractivity contribution in [3.05, 3.63) is 176 Å². The highest BCUT2D eigenvalue weighted by atomic mass is 16.3. The lowest BCUT2D eigenvalue weighted by Gasteiger charge is -2.26. The Kier molecular flexibility index (Phi) is 5.26. The van der Waals surface area contributed by atoms with E-state index >= 15 is 0 Å². The third kappa shape index (κ3) is 4.43. The monoisotopic (exact) mass is 591 g/mol. The smallest absolute Gasteiger partial charge is 0.136 e. The number of nitrogens with zero attached hydrogens (tertiary/aromatic N) is 1. The van der Waals surface area contributed by atoms with E-state index in [2.05, 4.69) is 30.3 Å². The van der Waals surface area contributed by atoms with Crippen LogP contribution in [0.4, 0.5) is 17.1 Å². The van der Waals surface area contributed by atoms with Gasteiger partial charge in [-0.05, 0) is 98.3 Å². The molecule has 0 saturated heterocycles. The van der Waals surface area contributed by atoms with Crippen LogP contribution in [0.15, 0.2) is 180 Å². The van der Waals surface area contributed by atoms with E-state index in [-0.39, 0.29) is 35.4 Å². The summed E-state index contributed by atoms with van der Waals surface area (Å²) in [4.78, 5) is 1.82. The standard InChI is InChI=1S/C44H29NO/c1-2-11-35(12-3-1)45(37-26-21-32(22-27-37)39-15-8-10-31-9-4-5-13-38(31)39)36-24-19-30(20-25-36)34-18-17-33-23-28-43-44(41(33)29-34)40-14-6-7-16-42(40)46-43/h1-29H/i19D,20D,24D,25D. The maximum absolute atomic E-state index is 9.35. The van der Waals surface area contributed by atoms with Gasteiger partial charge in [-0.1, -0.05) is 121 Å². The highest BCUT2D eigenvalue weighted by molar-refractivity contribution is 6.19. The Morgan fingerprint density at radius 2 is 1.07 bits per heavy atom. The summed E-state index contributed by atoms with van der Waals surface area (Å²) in [6.07, 6.45) is 0. The molecule has 0 spiro atoms. The summed E-state index contributed by atoms with van der Waals surface area (Å²) in [5.41, 5.74) is 6.24. The molecule has 0 bridgehead atoms. The minimum atomic E-state index is -0.116. The Hall–Kier alpha value is -6.12. The Labute approximate surface area is 273 Å². The fraction of sp³-hybridized carbons (Fsp3) is 0. The molecule has 0 radical (unpaired) electrons. The molecule has 0 aliphatic heterocycles. The molecular weight excluding hydrogens is 558 g/mol. The average molecular weight is 592 g/mol. The van der Waals surface area contributed by atoms with Crippen molar-refractivity contribution in [2.75, 3.05) is 4.90 Å². The van der Waals surface area contributed by atoms with E-state index in [1.165, 1.54) is 0 Å². The van der Waals surface area contributed by atoms with E-state index in [1.807, 2.05) is 126 Å². The highest BCUT2D eigenvalue weighted by Crippen LogP contribution is 2.39. The Morgan fingerprint density at radius 1 is 0.413 bits per heavy atom.